The summed E-state index contributed by atoms with van der Waals surface area (Å²) in [6.07, 6.45) is 0.721. The van der Waals surface area contributed by atoms with Gasteiger partial charge in [-0.1, -0.05) is 18.2 Å². The van der Waals surface area contributed by atoms with Gasteiger partial charge in [0.15, 0.2) is 23.0 Å². The molecule has 0 saturated heterocycles. The first-order chi connectivity index (χ1) is 11.3. The van der Waals surface area contributed by atoms with Gasteiger partial charge in [0.1, 0.15) is 0 Å². The Balaban J connectivity index is 1.84. The molecule has 2 rings (SSSR count). The fourth-order valence-corrected chi connectivity index (χ4v) is 2.11. The number of rotatable bonds is 9. The smallest absolute Gasteiger partial charge is 0.203 e. The third kappa shape index (κ3) is 4.45. The third-order valence-corrected chi connectivity index (χ3v) is 3.24. The summed E-state index contributed by atoms with van der Waals surface area (Å²) in [5, 5.41) is 0. The molecule has 0 spiro atoms. The van der Waals surface area contributed by atoms with Crippen molar-refractivity contribution in [3.8, 4) is 28.7 Å². The van der Waals surface area contributed by atoms with Crippen LogP contribution in [0.1, 0.15) is 6.42 Å². The molecule has 5 nitrogen and oxygen atoms in total. The van der Waals surface area contributed by atoms with Crippen molar-refractivity contribution in [3.63, 3.8) is 0 Å². The lowest BCUT2D eigenvalue weighted by Gasteiger charge is -2.14. The van der Waals surface area contributed by atoms with Crippen molar-refractivity contribution in [1.29, 1.82) is 0 Å². The first kappa shape index (κ1) is 16.8. The summed E-state index contributed by atoms with van der Waals surface area (Å²) in [4.78, 5) is 0. The van der Waals surface area contributed by atoms with Gasteiger partial charge in [0.05, 0.1) is 34.5 Å². The summed E-state index contributed by atoms with van der Waals surface area (Å²) in [6.45, 7) is 1.02. The van der Waals surface area contributed by atoms with Gasteiger partial charge in [0, 0.05) is 6.42 Å². The predicted octanol–water partition coefficient (Wildman–Crippen LogP) is 3.56. The van der Waals surface area contributed by atoms with E-state index >= 15 is 0 Å². The number of benzene rings is 2. The van der Waals surface area contributed by atoms with Crippen LogP contribution in [-0.2, 0) is 0 Å². The normalized spacial score (nSPS) is 10.0. The maximum absolute atomic E-state index is 5.78. The van der Waals surface area contributed by atoms with E-state index in [-0.39, 0.29) is 0 Å². The maximum atomic E-state index is 5.78. The quantitative estimate of drug-likeness (QED) is 0.662. The Bertz CT molecular complexity index is 590. The van der Waals surface area contributed by atoms with Gasteiger partial charge < -0.3 is 23.7 Å². The number of para-hydroxylation sites is 3. The first-order valence-electron chi connectivity index (χ1n) is 7.39. The van der Waals surface area contributed by atoms with E-state index in [1.165, 1.54) is 0 Å². The van der Waals surface area contributed by atoms with Gasteiger partial charge in [-0.05, 0) is 24.3 Å². The lowest BCUT2D eigenvalue weighted by Crippen LogP contribution is -2.07. The summed E-state index contributed by atoms with van der Waals surface area (Å²) in [5.74, 6) is 3.35. The summed E-state index contributed by atoms with van der Waals surface area (Å²) in [6, 6.07) is 13.1. The molecule has 0 saturated carbocycles. The Morgan fingerprint density at radius 3 is 1.74 bits per heavy atom. The van der Waals surface area contributed by atoms with Gasteiger partial charge in [-0.2, -0.15) is 0 Å². The van der Waals surface area contributed by atoms with Crippen LogP contribution in [0.25, 0.3) is 0 Å². The zero-order chi connectivity index (χ0) is 16.5. The number of hydrogen-bond donors (Lipinski definition) is 0. The highest BCUT2D eigenvalue weighted by atomic mass is 16.5. The molecular formula is C18H22O5. The Labute approximate surface area is 136 Å². The lowest BCUT2D eigenvalue weighted by molar-refractivity contribution is 0.228. The van der Waals surface area contributed by atoms with Crippen molar-refractivity contribution < 1.29 is 23.7 Å². The molecule has 2 aromatic rings. The lowest BCUT2D eigenvalue weighted by atomic mass is 10.3. The summed E-state index contributed by atoms with van der Waals surface area (Å²) in [5.41, 5.74) is 0. The van der Waals surface area contributed by atoms with Gasteiger partial charge >= 0.3 is 0 Å². The topological polar surface area (TPSA) is 46.2 Å². The molecule has 5 heteroatoms. The van der Waals surface area contributed by atoms with E-state index in [1.807, 2.05) is 42.5 Å². The molecule has 2 aromatic carbocycles. The molecule has 0 aliphatic rings. The van der Waals surface area contributed by atoms with Crippen LogP contribution in [0, 0.1) is 0 Å². The second-order valence-electron chi connectivity index (χ2n) is 4.69. The monoisotopic (exact) mass is 318 g/mol. The van der Waals surface area contributed by atoms with E-state index in [1.54, 1.807) is 21.3 Å². The van der Waals surface area contributed by atoms with Crippen LogP contribution in [0.2, 0.25) is 0 Å². The minimum atomic E-state index is 0.492. The number of methoxy groups -OCH3 is 3. The van der Waals surface area contributed by atoms with Crippen molar-refractivity contribution in [2.45, 2.75) is 6.42 Å². The molecule has 0 unspecified atom stereocenters. The van der Waals surface area contributed by atoms with Crippen molar-refractivity contribution in [3.05, 3.63) is 42.5 Å². The molecular weight excluding hydrogens is 296 g/mol. The van der Waals surface area contributed by atoms with Crippen LogP contribution in [0.4, 0.5) is 0 Å². The molecule has 0 heterocycles. The van der Waals surface area contributed by atoms with Crippen LogP contribution in [0.15, 0.2) is 42.5 Å². The van der Waals surface area contributed by atoms with Crippen molar-refractivity contribution >= 4 is 0 Å². The number of hydrogen-bond acceptors (Lipinski definition) is 5. The van der Waals surface area contributed by atoms with Crippen molar-refractivity contribution in [2.24, 2.45) is 0 Å². The van der Waals surface area contributed by atoms with Crippen molar-refractivity contribution in [2.75, 3.05) is 34.5 Å². The molecule has 0 aromatic heterocycles. The summed E-state index contributed by atoms with van der Waals surface area (Å²) >= 11 is 0. The average molecular weight is 318 g/mol. The SMILES string of the molecule is COc1ccccc1OCCCOc1c(OC)cccc1OC. The molecule has 124 valence electrons. The zero-order valence-corrected chi connectivity index (χ0v) is 13.7. The van der Waals surface area contributed by atoms with E-state index in [0.29, 0.717) is 30.5 Å². The molecule has 0 radical (unpaired) electrons. The van der Waals surface area contributed by atoms with E-state index in [0.717, 1.165) is 17.9 Å². The molecule has 0 N–H and O–H groups in total. The zero-order valence-electron chi connectivity index (χ0n) is 13.7. The predicted molar refractivity (Wildman–Crippen MR) is 88.1 cm³/mol. The highest BCUT2D eigenvalue weighted by Gasteiger charge is 2.11. The summed E-state index contributed by atoms with van der Waals surface area (Å²) in [7, 11) is 4.83. The van der Waals surface area contributed by atoms with Gasteiger partial charge in [-0.3, -0.25) is 0 Å². The second kappa shape index (κ2) is 8.78. The largest absolute Gasteiger partial charge is 0.493 e. The van der Waals surface area contributed by atoms with E-state index < -0.39 is 0 Å². The van der Waals surface area contributed by atoms with E-state index in [9.17, 15) is 0 Å². The summed E-state index contributed by atoms with van der Waals surface area (Å²) < 4.78 is 27.3. The van der Waals surface area contributed by atoms with Gasteiger partial charge in [0.2, 0.25) is 5.75 Å². The first-order valence-corrected chi connectivity index (χ1v) is 7.39. The molecule has 0 fully saturated rings. The highest BCUT2D eigenvalue weighted by Crippen LogP contribution is 2.36. The second-order valence-corrected chi connectivity index (χ2v) is 4.69. The number of ether oxygens (including phenoxy) is 5. The fraction of sp³-hybridized carbons (Fsp3) is 0.333. The molecule has 0 aliphatic carbocycles. The van der Waals surface area contributed by atoms with E-state index in [4.69, 9.17) is 23.7 Å². The molecule has 0 aliphatic heterocycles. The molecule has 0 atom stereocenters. The Kier molecular flexibility index (Phi) is 6.41. The molecule has 0 amide bonds. The van der Waals surface area contributed by atoms with Crippen LogP contribution < -0.4 is 23.7 Å². The van der Waals surface area contributed by atoms with Gasteiger partial charge in [-0.15, -0.1) is 0 Å². The van der Waals surface area contributed by atoms with Gasteiger partial charge in [0.25, 0.3) is 0 Å². The Morgan fingerprint density at radius 2 is 1.13 bits per heavy atom. The molecule has 23 heavy (non-hydrogen) atoms. The average Bonchev–Trinajstić information content (AvgIpc) is 2.61. The Morgan fingerprint density at radius 1 is 0.609 bits per heavy atom. The maximum Gasteiger partial charge on any atom is 0.203 e. The molecule has 0 bridgehead atoms. The van der Waals surface area contributed by atoms with Crippen LogP contribution in [-0.4, -0.2) is 34.5 Å². The minimum Gasteiger partial charge on any atom is -0.493 e. The van der Waals surface area contributed by atoms with Crippen LogP contribution in [0.5, 0.6) is 28.7 Å². The van der Waals surface area contributed by atoms with Crippen LogP contribution >= 0.6 is 0 Å². The van der Waals surface area contributed by atoms with Gasteiger partial charge in [-0.25, -0.2) is 0 Å². The minimum absolute atomic E-state index is 0.492. The van der Waals surface area contributed by atoms with Crippen LogP contribution in [0.3, 0.4) is 0 Å². The Hall–Kier alpha value is -2.56. The van der Waals surface area contributed by atoms with E-state index in [2.05, 4.69) is 0 Å². The van der Waals surface area contributed by atoms with Crippen molar-refractivity contribution in [1.82, 2.24) is 0 Å². The fourth-order valence-electron chi connectivity index (χ4n) is 2.11. The standard InChI is InChI=1S/C18H22O5/c1-19-14-8-4-5-9-15(14)22-12-7-13-23-18-16(20-2)10-6-11-17(18)21-3/h4-6,8-11H,7,12-13H2,1-3H3. The highest BCUT2D eigenvalue weighted by molar-refractivity contribution is 5.51. The third-order valence-electron chi connectivity index (χ3n) is 3.24.